The summed E-state index contributed by atoms with van der Waals surface area (Å²) in [5, 5.41) is 13.2. The molecule has 0 aliphatic rings. The van der Waals surface area contributed by atoms with E-state index < -0.39 is 5.60 Å². The van der Waals surface area contributed by atoms with E-state index in [1.165, 1.54) is 83.5 Å². The average Bonchev–Trinajstić information content (AvgIpc) is 2.58. The minimum atomic E-state index is -0.608. The molecule has 0 bridgehead atoms. The van der Waals surface area contributed by atoms with Crippen molar-refractivity contribution in [1.82, 2.24) is 0 Å². The van der Waals surface area contributed by atoms with Crippen LogP contribution in [0.15, 0.2) is 0 Å². The van der Waals surface area contributed by atoms with Crippen LogP contribution in [0.4, 0.5) is 0 Å². The normalized spacial score (nSPS) is 12.0. The predicted octanol–water partition coefficient (Wildman–Crippen LogP) is 8.63. The molecule has 0 aliphatic carbocycles. The van der Waals surface area contributed by atoms with E-state index in [9.17, 15) is 5.11 Å². The molecule has 1 heteroatoms. The third-order valence-electron chi connectivity index (χ3n) is 5.46. The summed E-state index contributed by atoms with van der Waals surface area (Å²) in [7, 11) is 0. The van der Waals surface area contributed by atoms with Crippen LogP contribution >= 0.6 is 0 Å². The smallest absolute Gasteiger partial charge is 0.104 e. The average molecular weight is 340 g/mol. The molecule has 0 aromatic heterocycles. The second-order valence-corrected chi connectivity index (χ2v) is 8.03. The fourth-order valence-electron chi connectivity index (χ4n) is 3.70. The first kappa shape index (κ1) is 24.0. The van der Waals surface area contributed by atoms with Gasteiger partial charge in [0, 0.05) is 0 Å². The van der Waals surface area contributed by atoms with Gasteiger partial charge in [-0.25, -0.2) is 5.11 Å². The predicted molar refractivity (Wildman–Crippen MR) is 108 cm³/mol. The van der Waals surface area contributed by atoms with Gasteiger partial charge in [-0.15, -0.1) is 0 Å². The highest BCUT2D eigenvalue weighted by atomic mass is 16.3. The number of hydrogen-bond acceptors (Lipinski definition) is 0. The van der Waals surface area contributed by atoms with Crippen molar-refractivity contribution in [1.29, 1.82) is 0 Å². The number of unbranched alkanes of at least 4 members (excludes halogenated alkanes) is 13. The van der Waals surface area contributed by atoms with Crippen molar-refractivity contribution in [2.24, 2.45) is 0 Å². The van der Waals surface area contributed by atoms with E-state index in [0.717, 1.165) is 38.5 Å². The maximum Gasteiger partial charge on any atom is 0.104 e. The van der Waals surface area contributed by atoms with Crippen LogP contribution < -0.4 is 0 Å². The van der Waals surface area contributed by atoms with Crippen LogP contribution in [0, 0.1) is 0 Å². The van der Waals surface area contributed by atoms with Gasteiger partial charge < -0.3 is 0 Å². The van der Waals surface area contributed by atoms with E-state index in [1.807, 2.05) is 0 Å². The Morgan fingerprint density at radius 3 is 1.00 bits per heavy atom. The van der Waals surface area contributed by atoms with Gasteiger partial charge in [0.05, 0.1) is 0 Å². The Morgan fingerprint density at radius 1 is 0.417 bits per heavy atom. The van der Waals surface area contributed by atoms with Crippen LogP contribution in [0.3, 0.4) is 0 Å². The molecule has 0 saturated heterocycles. The standard InChI is InChI=1S/C23H47O/c1-4-7-10-13-15-18-21-23(24,20-17-12-9-6-3)22-19-16-14-11-8-5-2/h4-22H2,1-3H3. The second kappa shape index (κ2) is 17.8. The van der Waals surface area contributed by atoms with E-state index in [-0.39, 0.29) is 0 Å². The van der Waals surface area contributed by atoms with Crippen molar-refractivity contribution in [2.45, 2.75) is 148 Å². The summed E-state index contributed by atoms with van der Waals surface area (Å²) in [5.74, 6) is 0. The van der Waals surface area contributed by atoms with Crippen LogP contribution in [0.5, 0.6) is 0 Å². The van der Waals surface area contributed by atoms with Gasteiger partial charge in [-0.1, -0.05) is 124 Å². The molecule has 0 saturated carbocycles. The monoisotopic (exact) mass is 339 g/mol. The van der Waals surface area contributed by atoms with Crippen molar-refractivity contribution in [3.63, 3.8) is 0 Å². The topological polar surface area (TPSA) is 19.9 Å². The van der Waals surface area contributed by atoms with E-state index in [2.05, 4.69) is 20.8 Å². The van der Waals surface area contributed by atoms with Gasteiger partial charge in [0.1, 0.15) is 5.60 Å². The molecule has 0 heterocycles. The van der Waals surface area contributed by atoms with Gasteiger partial charge in [0.25, 0.3) is 0 Å². The Labute approximate surface area is 154 Å². The van der Waals surface area contributed by atoms with Crippen molar-refractivity contribution < 1.29 is 5.11 Å². The summed E-state index contributed by atoms with van der Waals surface area (Å²) in [6.45, 7) is 6.77. The molecule has 1 radical (unpaired) electrons. The molecule has 0 atom stereocenters. The summed E-state index contributed by atoms with van der Waals surface area (Å²) < 4.78 is 0. The molecule has 0 amide bonds. The highest BCUT2D eigenvalue weighted by Gasteiger charge is 2.27. The molecule has 0 aromatic carbocycles. The van der Waals surface area contributed by atoms with Crippen LogP contribution in [0.2, 0.25) is 0 Å². The highest BCUT2D eigenvalue weighted by molar-refractivity contribution is 4.78. The molecular formula is C23H47O. The first-order valence-electron chi connectivity index (χ1n) is 11.4. The minimum absolute atomic E-state index is 0.608. The highest BCUT2D eigenvalue weighted by Crippen LogP contribution is 2.29. The Hall–Kier alpha value is -0.0400. The molecule has 1 nitrogen and oxygen atoms in total. The third-order valence-corrected chi connectivity index (χ3v) is 5.46. The van der Waals surface area contributed by atoms with Crippen LogP contribution in [0.25, 0.3) is 0 Å². The van der Waals surface area contributed by atoms with Gasteiger partial charge in [-0.2, -0.15) is 0 Å². The molecule has 0 unspecified atom stereocenters. The Kier molecular flexibility index (Phi) is 17.7. The molecule has 0 aromatic rings. The summed E-state index contributed by atoms with van der Waals surface area (Å²) in [6, 6.07) is 0. The molecule has 0 aliphatic heterocycles. The lowest BCUT2D eigenvalue weighted by molar-refractivity contribution is -0.0558. The fourth-order valence-corrected chi connectivity index (χ4v) is 3.70. The molecule has 145 valence electrons. The summed E-state index contributed by atoms with van der Waals surface area (Å²) in [5.41, 5.74) is -0.608. The quantitative estimate of drug-likeness (QED) is 0.210. The van der Waals surface area contributed by atoms with Gasteiger partial charge in [0.2, 0.25) is 0 Å². The van der Waals surface area contributed by atoms with Gasteiger partial charge >= 0.3 is 0 Å². The third kappa shape index (κ3) is 15.5. The van der Waals surface area contributed by atoms with E-state index in [4.69, 9.17) is 0 Å². The maximum atomic E-state index is 13.2. The Bertz CT molecular complexity index is 220. The lowest BCUT2D eigenvalue weighted by Crippen LogP contribution is -2.27. The van der Waals surface area contributed by atoms with Crippen molar-refractivity contribution in [2.75, 3.05) is 0 Å². The molecule has 0 rings (SSSR count). The fraction of sp³-hybridized carbons (Fsp3) is 1.00. The summed E-state index contributed by atoms with van der Waals surface area (Å²) in [6.07, 6.45) is 23.3. The van der Waals surface area contributed by atoms with Gasteiger partial charge in [0.15, 0.2) is 0 Å². The van der Waals surface area contributed by atoms with Gasteiger partial charge in [-0.05, 0) is 19.3 Å². The van der Waals surface area contributed by atoms with Crippen molar-refractivity contribution in [3.8, 4) is 0 Å². The van der Waals surface area contributed by atoms with E-state index >= 15 is 0 Å². The van der Waals surface area contributed by atoms with E-state index in [0.29, 0.717) is 0 Å². The lowest BCUT2D eigenvalue weighted by Gasteiger charge is -2.26. The van der Waals surface area contributed by atoms with Crippen LogP contribution in [0.1, 0.15) is 143 Å². The first-order chi connectivity index (χ1) is 11.7. The number of rotatable bonds is 19. The molecule has 0 N–H and O–H groups in total. The second-order valence-electron chi connectivity index (χ2n) is 8.03. The zero-order valence-electron chi connectivity index (χ0n) is 17.3. The van der Waals surface area contributed by atoms with Crippen molar-refractivity contribution >= 4 is 0 Å². The van der Waals surface area contributed by atoms with Gasteiger partial charge in [-0.3, -0.25) is 0 Å². The zero-order valence-corrected chi connectivity index (χ0v) is 17.3. The SMILES string of the molecule is CCCCCCCCC([O])(CCCCCC)CCCCCCCC. The summed E-state index contributed by atoms with van der Waals surface area (Å²) >= 11 is 0. The van der Waals surface area contributed by atoms with Crippen LogP contribution in [-0.2, 0) is 5.11 Å². The largest absolute Gasteiger partial charge is 0.229 e. The zero-order chi connectivity index (χ0) is 17.9. The number of hydrogen-bond donors (Lipinski definition) is 0. The first-order valence-corrected chi connectivity index (χ1v) is 11.4. The van der Waals surface area contributed by atoms with Crippen molar-refractivity contribution in [3.05, 3.63) is 0 Å². The van der Waals surface area contributed by atoms with E-state index in [1.54, 1.807) is 0 Å². The molecular weight excluding hydrogens is 292 g/mol. The Balaban J connectivity index is 3.98. The Morgan fingerprint density at radius 2 is 0.667 bits per heavy atom. The van der Waals surface area contributed by atoms with Crippen LogP contribution in [-0.4, -0.2) is 5.60 Å². The molecule has 24 heavy (non-hydrogen) atoms. The summed E-state index contributed by atoms with van der Waals surface area (Å²) in [4.78, 5) is 0. The maximum absolute atomic E-state index is 13.2. The lowest BCUT2D eigenvalue weighted by atomic mass is 9.85. The minimum Gasteiger partial charge on any atom is -0.229 e. The molecule has 0 spiro atoms. The molecule has 0 fully saturated rings.